The maximum atomic E-state index is 12.8. The molecule has 1 heterocycles. The van der Waals surface area contributed by atoms with E-state index in [0.717, 1.165) is 16.8 Å². The molecular weight excluding hydrogens is 336 g/mol. The molecule has 0 saturated carbocycles. The Kier molecular flexibility index (Phi) is 4.91. The van der Waals surface area contributed by atoms with Crippen LogP contribution in [0.15, 0.2) is 54.6 Å². The number of para-hydroxylation sites is 1. The summed E-state index contributed by atoms with van der Waals surface area (Å²) in [7, 11) is 0. The highest BCUT2D eigenvalue weighted by Gasteiger charge is 2.35. The van der Waals surface area contributed by atoms with Crippen molar-refractivity contribution in [2.45, 2.75) is 25.3 Å². The van der Waals surface area contributed by atoms with Crippen LogP contribution in [0.2, 0.25) is 5.02 Å². The van der Waals surface area contributed by atoms with Gasteiger partial charge < -0.3 is 10.6 Å². The van der Waals surface area contributed by atoms with Gasteiger partial charge in [-0.25, -0.2) is 0 Å². The van der Waals surface area contributed by atoms with Crippen LogP contribution in [-0.2, 0) is 9.59 Å². The normalized spacial score (nSPS) is 19.7. The van der Waals surface area contributed by atoms with E-state index in [-0.39, 0.29) is 23.8 Å². The molecule has 0 spiro atoms. The maximum Gasteiger partial charge on any atom is 0.251 e. The van der Waals surface area contributed by atoms with E-state index in [2.05, 4.69) is 0 Å². The summed E-state index contributed by atoms with van der Waals surface area (Å²) in [5, 5.41) is 0.621. The van der Waals surface area contributed by atoms with Gasteiger partial charge in [0.05, 0.1) is 5.92 Å². The molecule has 4 nitrogen and oxygen atoms in total. The zero-order valence-corrected chi connectivity index (χ0v) is 14.6. The van der Waals surface area contributed by atoms with Crippen LogP contribution >= 0.6 is 11.6 Å². The van der Waals surface area contributed by atoms with Crippen molar-refractivity contribution < 1.29 is 9.59 Å². The lowest BCUT2D eigenvalue weighted by atomic mass is 9.85. The average Bonchev–Trinajstić information content (AvgIpc) is 2.59. The smallest absolute Gasteiger partial charge is 0.251 e. The lowest BCUT2D eigenvalue weighted by Crippen LogP contribution is -2.44. The quantitative estimate of drug-likeness (QED) is 0.853. The second-order valence-electron chi connectivity index (χ2n) is 6.20. The minimum absolute atomic E-state index is 0.121. The van der Waals surface area contributed by atoms with Crippen LogP contribution in [0.25, 0.3) is 6.08 Å². The first-order chi connectivity index (χ1) is 12.0. The standard InChI is InChI=1S/C20H19ClN2O2/c1-13-11-17(20(22)25)16-7-2-3-8-18(16)23(13)19(24)10-9-14-5-4-6-15(21)12-14/h2-10,12-13,17H,11H2,1H3,(H2,22,25)/b10-9+/t13-,17+/m1/s1. The molecule has 2 aromatic carbocycles. The Balaban J connectivity index is 1.91. The molecule has 2 aromatic rings. The Labute approximate surface area is 151 Å². The summed E-state index contributed by atoms with van der Waals surface area (Å²) in [5.74, 6) is -0.865. The number of hydrogen-bond acceptors (Lipinski definition) is 2. The summed E-state index contributed by atoms with van der Waals surface area (Å²) in [6.07, 6.45) is 3.79. The van der Waals surface area contributed by atoms with Crippen molar-refractivity contribution >= 4 is 35.2 Å². The summed E-state index contributed by atoms with van der Waals surface area (Å²) in [6, 6.07) is 14.6. The van der Waals surface area contributed by atoms with Gasteiger partial charge in [0.2, 0.25) is 5.91 Å². The fourth-order valence-electron chi connectivity index (χ4n) is 3.28. The SMILES string of the molecule is C[C@@H]1C[C@H](C(N)=O)c2ccccc2N1C(=O)/C=C/c1cccc(Cl)c1. The van der Waals surface area contributed by atoms with Gasteiger partial charge in [-0.1, -0.05) is 41.9 Å². The number of benzene rings is 2. The van der Waals surface area contributed by atoms with Crippen LogP contribution < -0.4 is 10.6 Å². The molecule has 2 atom stereocenters. The van der Waals surface area contributed by atoms with E-state index < -0.39 is 0 Å². The predicted molar refractivity (Wildman–Crippen MR) is 100 cm³/mol. The number of carbonyl (C=O) groups excluding carboxylic acids is 2. The second kappa shape index (κ2) is 7.11. The van der Waals surface area contributed by atoms with E-state index in [1.165, 1.54) is 6.08 Å². The van der Waals surface area contributed by atoms with Gasteiger partial charge in [-0.15, -0.1) is 0 Å². The molecular formula is C20H19ClN2O2. The first kappa shape index (κ1) is 17.2. The molecule has 1 aliphatic rings. The third-order valence-electron chi connectivity index (χ3n) is 4.44. The number of rotatable bonds is 3. The highest BCUT2D eigenvalue weighted by Crippen LogP contribution is 2.38. The fraction of sp³-hybridized carbons (Fsp3) is 0.200. The van der Waals surface area contributed by atoms with Crippen LogP contribution in [0, 0.1) is 0 Å². The first-order valence-electron chi connectivity index (χ1n) is 8.12. The lowest BCUT2D eigenvalue weighted by molar-refractivity contribution is -0.120. The molecule has 128 valence electrons. The van der Waals surface area contributed by atoms with Crippen molar-refractivity contribution in [3.63, 3.8) is 0 Å². The lowest BCUT2D eigenvalue weighted by Gasteiger charge is -2.37. The Hall–Kier alpha value is -2.59. The van der Waals surface area contributed by atoms with Gasteiger partial charge >= 0.3 is 0 Å². The molecule has 2 amide bonds. The van der Waals surface area contributed by atoms with Crippen molar-refractivity contribution in [2.24, 2.45) is 5.73 Å². The Morgan fingerprint density at radius 2 is 1.96 bits per heavy atom. The highest BCUT2D eigenvalue weighted by molar-refractivity contribution is 6.30. The van der Waals surface area contributed by atoms with Crippen LogP contribution in [0.5, 0.6) is 0 Å². The van der Waals surface area contributed by atoms with E-state index in [1.54, 1.807) is 23.1 Å². The van der Waals surface area contributed by atoms with Gasteiger partial charge in [0.15, 0.2) is 0 Å². The maximum absolute atomic E-state index is 12.8. The van der Waals surface area contributed by atoms with Gasteiger partial charge in [-0.3, -0.25) is 9.59 Å². The monoisotopic (exact) mass is 354 g/mol. The van der Waals surface area contributed by atoms with Crippen LogP contribution in [0.3, 0.4) is 0 Å². The molecule has 0 saturated heterocycles. The molecule has 1 aliphatic heterocycles. The van der Waals surface area contributed by atoms with E-state index in [9.17, 15) is 9.59 Å². The fourth-order valence-corrected chi connectivity index (χ4v) is 3.47. The Bertz CT molecular complexity index is 847. The number of carbonyl (C=O) groups is 2. The zero-order valence-electron chi connectivity index (χ0n) is 13.9. The van der Waals surface area contributed by atoms with E-state index >= 15 is 0 Å². The van der Waals surface area contributed by atoms with Crippen molar-refractivity contribution in [1.29, 1.82) is 0 Å². The number of primary amides is 1. The van der Waals surface area contributed by atoms with Gasteiger partial charge in [-0.2, -0.15) is 0 Å². The molecule has 0 radical (unpaired) electrons. The minimum Gasteiger partial charge on any atom is -0.369 e. The zero-order chi connectivity index (χ0) is 18.0. The topological polar surface area (TPSA) is 63.4 Å². The van der Waals surface area contributed by atoms with Crippen molar-refractivity contribution in [3.05, 3.63) is 70.8 Å². The molecule has 0 aromatic heterocycles. The molecule has 2 N–H and O–H groups in total. The van der Waals surface area contributed by atoms with E-state index in [1.807, 2.05) is 43.3 Å². The summed E-state index contributed by atoms with van der Waals surface area (Å²) < 4.78 is 0. The highest BCUT2D eigenvalue weighted by atomic mass is 35.5. The molecule has 0 unspecified atom stereocenters. The Morgan fingerprint density at radius 3 is 2.68 bits per heavy atom. The number of anilines is 1. The predicted octanol–water partition coefficient (Wildman–Crippen LogP) is 3.75. The number of halogens is 1. The molecule has 0 aliphatic carbocycles. The summed E-state index contributed by atoms with van der Waals surface area (Å²) >= 11 is 5.97. The van der Waals surface area contributed by atoms with Gasteiger partial charge in [0.25, 0.3) is 5.91 Å². The number of nitrogens with zero attached hydrogens (tertiary/aromatic N) is 1. The molecule has 5 heteroatoms. The first-order valence-corrected chi connectivity index (χ1v) is 8.50. The van der Waals surface area contributed by atoms with E-state index in [4.69, 9.17) is 17.3 Å². The van der Waals surface area contributed by atoms with Gasteiger partial charge in [-0.05, 0) is 48.7 Å². The molecule has 25 heavy (non-hydrogen) atoms. The number of nitrogens with two attached hydrogens (primary N) is 1. The van der Waals surface area contributed by atoms with Crippen molar-refractivity contribution in [2.75, 3.05) is 4.90 Å². The number of fused-ring (bicyclic) bond motifs is 1. The third kappa shape index (κ3) is 3.59. The van der Waals surface area contributed by atoms with Crippen molar-refractivity contribution in [1.82, 2.24) is 0 Å². The van der Waals surface area contributed by atoms with E-state index in [0.29, 0.717) is 11.4 Å². The van der Waals surface area contributed by atoms with Crippen LogP contribution in [0.4, 0.5) is 5.69 Å². The Morgan fingerprint density at radius 1 is 1.20 bits per heavy atom. The molecule has 0 bridgehead atoms. The van der Waals surface area contributed by atoms with Crippen molar-refractivity contribution in [3.8, 4) is 0 Å². The summed E-state index contributed by atoms with van der Waals surface area (Å²) in [5.41, 5.74) is 7.95. The van der Waals surface area contributed by atoms with Gasteiger partial charge in [0, 0.05) is 22.8 Å². The van der Waals surface area contributed by atoms with Gasteiger partial charge in [0.1, 0.15) is 0 Å². The van der Waals surface area contributed by atoms with Crippen LogP contribution in [-0.4, -0.2) is 17.9 Å². The minimum atomic E-state index is -0.368. The number of hydrogen-bond donors (Lipinski definition) is 1. The second-order valence-corrected chi connectivity index (χ2v) is 6.63. The summed E-state index contributed by atoms with van der Waals surface area (Å²) in [4.78, 5) is 26.3. The van der Waals surface area contributed by atoms with Crippen LogP contribution in [0.1, 0.15) is 30.4 Å². The molecule has 0 fully saturated rings. The third-order valence-corrected chi connectivity index (χ3v) is 4.67. The number of amides is 2. The average molecular weight is 355 g/mol. The molecule has 3 rings (SSSR count). The largest absolute Gasteiger partial charge is 0.369 e. The summed E-state index contributed by atoms with van der Waals surface area (Å²) in [6.45, 7) is 1.93.